The molecule has 29 heavy (non-hydrogen) atoms. The molecule has 6 heteroatoms. The molecule has 0 unspecified atom stereocenters. The number of piperazine rings is 1. The van der Waals surface area contributed by atoms with E-state index in [1.54, 1.807) is 0 Å². The van der Waals surface area contributed by atoms with Gasteiger partial charge in [-0.15, -0.1) is 0 Å². The molecule has 0 aliphatic carbocycles. The fourth-order valence-electron chi connectivity index (χ4n) is 3.66. The molecule has 1 heterocycles. The highest BCUT2D eigenvalue weighted by Gasteiger charge is 2.24. The van der Waals surface area contributed by atoms with Crippen molar-refractivity contribution in [3.05, 3.63) is 59.2 Å². The van der Waals surface area contributed by atoms with E-state index in [9.17, 15) is 4.79 Å². The zero-order valence-corrected chi connectivity index (χ0v) is 18.4. The molecule has 1 aliphatic heterocycles. The van der Waals surface area contributed by atoms with Crippen LogP contribution in [0.5, 0.6) is 0 Å². The number of carbonyl (C=O) groups excluding carboxylic acids is 1. The number of benzene rings is 2. The molecule has 0 atom stereocenters. The second kappa shape index (κ2) is 9.85. The third-order valence-corrected chi connectivity index (χ3v) is 6.05. The molecule has 3 rings (SSSR count). The Labute approximate surface area is 179 Å². The van der Waals surface area contributed by atoms with Crippen molar-refractivity contribution in [2.45, 2.75) is 27.2 Å². The topological polar surface area (TPSA) is 48.8 Å². The van der Waals surface area contributed by atoms with Crippen molar-refractivity contribution in [1.29, 1.82) is 0 Å². The predicted octanol–water partition coefficient (Wildman–Crippen LogP) is 2.40. The van der Waals surface area contributed by atoms with Crippen molar-refractivity contribution in [3.63, 3.8) is 0 Å². The van der Waals surface area contributed by atoms with Crippen molar-refractivity contribution in [1.82, 2.24) is 4.90 Å². The largest absolute Gasteiger partial charge is 0.338 e. The lowest BCUT2D eigenvalue weighted by Crippen LogP contribution is -3.15. The summed E-state index contributed by atoms with van der Waals surface area (Å²) in [6.07, 6.45) is 0.971. The van der Waals surface area contributed by atoms with Gasteiger partial charge >= 0.3 is 0 Å². The van der Waals surface area contributed by atoms with E-state index in [4.69, 9.17) is 12.2 Å². The number of hydrogen-bond donors (Lipinski definition) is 3. The van der Waals surface area contributed by atoms with E-state index in [1.165, 1.54) is 16.0 Å². The fourth-order valence-corrected chi connectivity index (χ4v) is 3.95. The molecule has 2 aromatic rings. The Bertz CT molecular complexity index is 875. The van der Waals surface area contributed by atoms with E-state index < -0.39 is 0 Å². The van der Waals surface area contributed by atoms with Gasteiger partial charge in [-0.2, -0.15) is 0 Å². The molecule has 0 aromatic heterocycles. The number of thiocarbonyl (C=S) groups is 1. The lowest BCUT2D eigenvalue weighted by Gasteiger charge is -2.33. The van der Waals surface area contributed by atoms with Crippen LogP contribution >= 0.6 is 12.2 Å². The van der Waals surface area contributed by atoms with Crippen molar-refractivity contribution in [2.75, 3.05) is 43.4 Å². The van der Waals surface area contributed by atoms with E-state index in [0.29, 0.717) is 6.54 Å². The van der Waals surface area contributed by atoms with Crippen LogP contribution < -0.4 is 15.5 Å². The number of quaternary nitrogens is 1. The average molecular weight is 412 g/mol. The quantitative estimate of drug-likeness (QED) is 0.662. The molecule has 1 fully saturated rings. The maximum Gasteiger partial charge on any atom is 0.279 e. The van der Waals surface area contributed by atoms with E-state index in [2.05, 4.69) is 53.6 Å². The summed E-state index contributed by atoms with van der Waals surface area (Å²) in [5.74, 6) is 0.0692. The van der Waals surface area contributed by atoms with Gasteiger partial charge in [-0.05, 0) is 61.3 Å². The van der Waals surface area contributed by atoms with Gasteiger partial charge in [0.1, 0.15) is 0 Å². The number of rotatable bonds is 5. The molecular formula is C23H31N4OS+. The highest BCUT2D eigenvalue weighted by Crippen LogP contribution is 2.18. The zero-order valence-electron chi connectivity index (χ0n) is 17.5. The molecule has 1 aliphatic rings. The number of carbonyl (C=O) groups is 1. The van der Waals surface area contributed by atoms with Gasteiger partial charge in [-0.1, -0.05) is 37.3 Å². The number of para-hydroxylation sites is 1. The van der Waals surface area contributed by atoms with Gasteiger partial charge in [0.05, 0.1) is 26.2 Å². The SMILES string of the molecule is CCc1ccccc1NC(=S)N1CC[NH+](CC(=O)Nc2cccc(C)c2C)CC1. The first kappa shape index (κ1) is 21.3. The van der Waals surface area contributed by atoms with Crippen molar-refractivity contribution < 1.29 is 9.69 Å². The smallest absolute Gasteiger partial charge is 0.279 e. The molecule has 0 spiro atoms. The lowest BCUT2D eigenvalue weighted by atomic mass is 10.1. The highest BCUT2D eigenvalue weighted by atomic mass is 32.1. The monoisotopic (exact) mass is 411 g/mol. The van der Waals surface area contributed by atoms with Crippen molar-refractivity contribution in [2.24, 2.45) is 0 Å². The summed E-state index contributed by atoms with van der Waals surface area (Å²) in [6.45, 7) is 10.2. The number of hydrogen-bond acceptors (Lipinski definition) is 2. The van der Waals surface area contributed by atoms with Crippen LogP contribution in [-0.4, -0.2) is 48.6 Å². The molecule has 1 saturated heterocycles. The first-order valence-electron chi connectivity index (χ1n) is 10.3. The molecule has 0 bridgehead atoms. The van der Waals surface area contributed by atoms with Crippen LogP contribution in [0.15, 0.2) is 42.5 Å². The number of amides is 1. The van der Waals surface area contributed by atoms with Crippen LogP contribution in [0.25, 0.3) is 0 Å². The number of anilines is 2. The van der Waals surface area contributed by atoms with Crippen molar-refractivity contribution in [3.8, 4) is 0 Å². The minimum Gasteiger partial charge on any atom is -0.338 e. The number of aryl methyl sites for hydroxylation is 2. The second-order valence-corrected chi connectivity index (χ2v) is 8.04. The second-order valence-electron chi connectivity index (χ2n) is 7.65. The van der Waals surface area contributed by atoms with Crippen LogP contribution in [0.2, 0.25) is 0 Å². The van der Waals surface area contributed by atoms with Gasteiger partial charge in [0, 0.05) is 11.4 Å². The van der Waals surface area contributed by atoms with Crippen LogP contribution in [-0.2, 0) is 11.2 Å². The minimum atomic E-state index is 0.0692. The zero-order chi connectivity index (χ0) is 20.8. The Hall–Kier alpha value is -2.44. The Morgan fingerprint density at radius 3 is 2.45 bits per heavy atom. The molecule has 0 radical (unpaired) electrons. The minimum absolute atomic E-state index is 0.0692. The van der Waals surface area contributed by atoms with Gasteiger partial charge in [0.15, 0.2) is 11.7 Å². The molecule has 2 aromatic carbocycles. The van der Waals surface area contributed by atoms with Crippen LogP contribution in [0.1, 0.15) is 23.6 Å². The maximum absolute atomic E-state index is 12.5. The van der Waals surface area contributed by atoms with Crippen molar-refractivity contribution >= 4 is 34.6 Å². The highest BCUT2D eigenvalue weighted by molar-refractivity contribution is 7.80. The molecule has 154 valence electrons. The summed E-state index contributed by atoms with van der Waals surface area (Å²) >= 11 is 5.63. The van der Waals surface area contributed by atoms with Gasteiger partial charge in [-0.3, -0.25) is 4.79 Å². The first-order valence-corrected chi connectivity index (χ1v) is 10.7. The Balaban J connectivity index is 1.48. The summed E-state index contributed by atoms with van der Waals surface area (Å²) in [4.78, 5) is 16.0. The Morgan fingerprint density at radius 1 is 1.03 bits per heavy atom. The van der Waals surface area contributed by atoms with Crippen LogP contribution in [0.4, 0.5) is 11.4 Å². The average Bonchev–Trinajstić information content (AvgIpc) is 2.72. The third-order valence-electron chi connectivity index (χ3n) is 5.69. The van der Waals surface area contributed by atoms with Gasteiger partial charge in [-0.25, -0.2) is 0 Å². The maximum atomic E-state index is 12.5. The van der Waals surface area contributed by atoms with Gasteiger partial charge in [0.25, 0.3) is 5.91 Å². The Morgan fingerprint density at radius 2 is 1.72 bits per heavy atom. The van der Waals surface area contributed by atoms with E-state index >= 15 is 0 Å². The molecule has 1 amide bonds. The van der Waals surface area contributed by atoms with E-state index in [1.807, 2.05) is 25.1 Å². The first-order chi connectivity index (χ1) is 14.0. The predicted molar refractivity (Wildman–Crippen MR) is 124 cm³/mol. The number of nitrogens with one attached hydrogen (secondary N) is 3. The molecular weight excluding hydrogens is 380 g/mol. The Kier molecular flexibility index (Phi) is 7.23. The summed E-state index contributed by atoms with van der Waals surface area (Å²) in [7, 11) is 0. The summed E-state index contributed by atoms with van der Waals surface area (Å²) in [6, 6.07) is 14.3. The summed E-state index contributed by atoms with van der Waals surface area (Å²) in [5, 5.41) is 7.23. The number of nitrogens with zero attached hydrogens (tertiary/aromatic N) is 1. The lowest BCUT2D eigenvalue weighted by molar-refractivity contribution is -0.895. The van der Waals surface area contributed by atoms with Crippen LogP contribution in [0, 0.1) is 13.8 Å². The van der Waals surface area contributed by atoms with Gasteiger partial charge < -0.3 is 20.4 Å². The molecule has 0 saturated carbocycles. The van der Waals surface area contributed by atoms with E-state index in [-0.39, 0.29) is 5.91 Å². The summed E-state index contributed by atoms with van der Waals surface area (Å²) in [5.41, 5.74) is 5.58. The molecule has 3 N–H and O–H groups in total. The normalized spacial score (nSPS) is 14.5. The summed E-state index contributed by atoms with van der Waals surface area (Å²) < 4.78 is 0. The van der Waals surface area contributed by atoms with E-state index in [0.717, 1.165) is 54.7 Å². The van der Waals surface area contributed by atoms with Gasteiger partial charge in [0.2, 0.25) is 0 Å². The standard InChI is InChI=1S/C23H30N4OS/c1-4-19-9-5-6-10-21(19)25-23(29)27-14-12-26(13-15-27)16-22(28)24-20-11-7-8-17(2)18(20)3/h5-11H,4,12-16H2,1-3H3,(H,24,28)(H,25,29)/p+1. The molecule has 5 nitrogen and oxygen atoms in total. The third kappa shape index (κ3) is 5.55. The van der Waals surface area contributed by atoms with Crippen LogP contribution in [0.3, 0.4) is 0 Å². The fraction of sp³-hybridized carbons (Fsp3) is 0.391.